The van der Waals surface area contributed by atoms with Gasteiger partial charge in [0.2, 0.25) is 0 Å². The Labute approximate surface area is 104 Å². The molecule has 2 N–H and O–H groups in total. The lowest BCUT2D eigenvalue weighted by molar-refractivity contribution is 0.620. The van der Waals surface area contributed by atoms with Crippen LogP contribution in [0.2, 0.25) is 5.02 Å². The van der Waals surface area contributed by atoms with Gasteiger partial charge < -0.3 is 5.73 Å². The SMILES string of the molecule is CCCC(CN)c1nc2cccc(Cl)c2s1. The maximum Gasteiger partial charge on any atom is 0.0982 e. The van der Waals surface area contributed by atoms with E-state index < -0.39 is 0 Å². The Morgan fingerprint density at radius 3 is 2.94 bits per heavy atom. The molecule has 1 aromatic carbocycles. The van der Waals surface area contributed by atoms with Gasteiger partial charge in [0.1, 0.15) is 0 Å². The molecular formula is C12H15ClN2S. The van der Waals surface area contributed by atoms with Gasteiger partial charge in [-0.1, -0.05) is 31.0 Å². The second-order valence-corrected chi connectivity index (χ2v) is 5.30. The molecule has 0 bridgehead atoms. The van der Waals surface area contributed by atoms with Gasteiger partial charge in [-0.05, 0) is 18.6 Å². The van der Waals surface area contributed by atoms with Crippen LogP contribution in [0.1, 0.15) is 30.7 Å². The molecule has 0 aliphatic carbocycles. The lowest BCUT2D eigenvalue weighted by atomic mass is 10.1. The summed E-state index contributed by atoms with van der Waals surface area (Å²) in [7, 11) is 0. The highest BCUT2D eigenvalue weighted by Gasteiger charge is 2.14. The number of hydrogen-bond acceptors (Lipinski definition) is 3. The van der Waals surface area contributed by atoms with Crippen molar-refractivity contribution in [3.8, 4) is 0 Å². The molecule has 86 valence electrons. The number of benzene rings is 1. The standard InChI is InChI=1S/C12H15ClN2S/c1-2-4-8(7-14)12-15-10-6-3-5-9(13)11(10)16-12/h3,5-6,8H,2,4,7,14H2,1H3. The van der Waals surface area contributed by atoms with Gasteiger partial charge in [-0.25, -0.2) is 4.98 Å². The van der Waals surface area contributed by atoms with Crippen LogP contribution in [0.3, 0.4) is 0 Å². The van der Waals surface area contributed by atoms with Crippen molar-refractivity contribution in [1.29, 1.82) is 0 Å². The summed E-state index contributed by atoms with van der Waals surface area (Å²) in [6.07, 6.45) is 2.22. The summed E-state index contributed by atoms with van der Waals surface area (Å²) < 4.78 is 1.08. The van der Waals surface area contributed by atoms with E-state index in [-0.39, 0.29) is 0 Å². The molecule has 0 aliphatic rings. The molecule has 16 heavy (non-hydrogen) atoms. The molecule has 0 amide bonds. The zero-order valence-electron chi connectivity index (χ0n) is 9.24. The predicted molar refractivity (Wildman–Crippen MR) is 71.3 cm³/mol. The second-order valence-electron chi connectivity index (χ2n) is 3.86. The van der Waals surface area contributed by atoms with E-state index in [1.807, 2.05) is 18.2 Å². The van der Waals surface area contributed by atoms with Crippen LogP contribution in [-0.4, -0.2) is 11.5 Å². The number of fused-ring (bicyclic) bond motifs is 1. The van der Waals surface area contributed by atoms with Crippen LogP contribution >= 0.6 is 22.9 Å². The molecule has 4 heteroatoms. The van der Waals surface area contributed by atoms with Crippen molar-refractivity contribution in [2.75, 3.05) is 6.54 Å². The maximum atomic E-state index is 6.13. The zero-order valence-corrected chi connectivity index (χ0v) is 10.8. The third-order valence-electron chi connectivity index (χ3n) is 2.65. The Hall–Kier alpha value is -0.640. The summed E-state index contributed by atoms with van der Waals surface area (Å²) in [5, 5.41) is 1.90. The Bertz CT molecular complexity index is 481. The van der Waals surface area contributed by atoms with Crippen molar-refractivity contribution in [2.45, 2.75) is 25.7 Å². The van der Waals surface area contributed by atoms with Gasteiger partial charge in [-0.2, -0.15) is 0 Å². The number of nitrogens with zero attached hydrogens (tertiary/aromatic N) is 1. The van der Waals surface area contributed by atoms with Gasteiger partial charge in [-0.3, -0.25) is 0 Å². The number of halogens is 1. The highest BCUT2D eigenvalue weighted by molar-refractivity contribution is 7.19. The van der Waals surface area contributed by atoms with Crippen molar-refractivity contribution in [3.63, 3.8) is 0 Å². The molecule has 0 spiro atoms. The summed E-state index contributed by atoms with van der Waals surface area (Å²) in [5.41, 5.74) is 6.77. The van der Waals surface area contributed by atoms with Crippen LogP contribution < -0.4 is 5.73 Å². The Morgan fingerprint density at radius 1 is 1.50 bits per heavy atom. The first-order valence-electron chi connectivity index (χ1n) is 5.51. The molecule has 2 rings (SSSR count). The molecular weight excluding hydrogens is 240 g/mol. The van der Waals surface area contributed by atoms with Gasteiger partial charge in [0.25, 0.3) is 0 Å². The summed E-state index contributed by atoms with van der Waals surface area (Å²) in [6, 6.07) is 5.84. The lowest BCUT2D eigenvalue weighted by Gasteiger charge is -2.08. The summed E-state index contributed by atoms with van der Waals surface area (Å²) in [6.45, 7) is 2.83. The van der Waals surface area contributed by atoms with Crippen LogP contribution in [0, 0.1) is 0 Å². The monoisotopic (exact) mass is 254 g/mol. The molecule has 2 aromatic rings. The third kappa shape index (κ3) is 2.21. The molecule has 1 atom stereocenters. The fraction of sp³-hybridized carbons (Fsp3) is 0.417. The highest BCUT2D eigenvalue weighted by atomic mass is 35.5. The van der Waals surface area contributed by atoms with E-state index in [1.54, 1.807) is 11.3 Å². The lowest BCUT2D eigenvalue weighted by Crippen LogP contribution is -2.11. The fourth-order valence-corrected chi connectivity index (χ4v) is 3.20. The van der Waals surface area contributed by atoms with Gasteiger partial charge in [0.15, 0.2) is 0 Å². The third-order valence-corrected chi connectivity index (χ3v) is 4.35. The molecule has 1 unspecified atom stereocenters. The van der Waals surface area contributed by atoms with Crippen molar-refractivity contribution in [3.05, 3.63) is 28.2 Å². The van der Waals surface area contributed by atoms with Gasteiger partial charge in [0, 0.05) is 12.5 Å². The summed E-state index contributed by atoms with van der Waals surface area (Å²) >= 11 is 7.81. The highest BCUT2D eigenvalue weighted by Crippen LogP contribution is 2.33. The van der Waals surface area contributed by atoms with Gasteiger partial charge in [0.05, 0.1) is 20.2 Å². The molecule has 1 aromatic heterocycles. The Kier molecular flexibility index (Phi) is 3.79. The van der Waals surface area contributed by atoms with Gasteiger partial charge >= 0.3 is 0 Å². The molecule has 2 nitrogen and oxygen atoms in total. The maximum absolute atomic E-state index is 6.13. The number of aromatic nitrogens is 1. The van der Waals surface area contributed by atoms with Crippen molar-refractivity contribution in [1.82, 2.24) is 4.98 Å². The molecule has 0 radical (unpaired) electrons. The number of rotatable bonds is 4. The van der Waals surface area contributed by atoms with Crippen LogP contribution in [0.5, 0.6) is 0 Å². The Morgan fingerprint density at radius 2 is 2.31 bits per heavy atom. The number of hydrogen-bond donors (Lipinski definition) is 1. The summed E-state index contributed by atoms with van der Waals surface area (Å²) in [5.74, 6) is 0.374. The fourth-order valence-electron chi connectivity index (χ4n) is 1.80. The van der Waals surface area contributed by atoms with Gasteiger partial charge in [-0.15, -0.1) is 11.3 Å². The van der Waals surface area contributed by atoms with Crippen LogP contribution in [-0.2, 0) is 0 Å². The molecule has 0 fully saturated rings. The van der Waals surface area contributed by atoms with E-state index in [0.717, 1.165) is 33.1 Å². The molecule has 0 aliphatic heterocycles. The molecule has 0 saturated carbocycles. The van der Waals surface area contributed by atoms with Crippen LogP contribution in [0.4, 0.5) is 0 Å². The largest absolute Gasteiger partial charge is 0.330 e. The topological polar surface area (TPSA) is 38.9 Å². The van der Waals surface area contributed by atoms with E-state index in [0.29, 0.717) is 12.5 Å². The molecule has 1 heterocycles. The molecule has 0 saturated heterocycles. The Balaban J connectivity index is 2.42. The van der Waals surface area contributed by atoms with E-state index in [1.165, 1.54) is 0 Å². The summed E-state index contributed by atoms with van der Waals surface area (Å²) in [4.78, 5) is 4.62. The van der Waals surface area contributed by atoms with E-state index in [9.17, 15) is 0 Å². The first-order valence-corrected chi connectivity index (χ1v) is 6.70. The normalized spacial score (nSPS) is 13.2. The minimum Gasteiger partial charge on any atom is -0.330 e. The van der Waals surface area contributed by atoms with Crippen molar-refractivity contribution in [2.24, 2.45) is 5.73 Å². The van der Waals surface area contributed by atoms with Crippen LogP contribution in [0.25, 0.3) is 10.2 Å². The van der Waals surface area contributed by atoms with Crippen molar-refractivity contribution >= 4 is 33.2 Å². The number of nitrogens with two attached hydrogens (primary N) is 1. The second kappa shape index (κ2) is 5.13. The first-order chi connectivity index (χ1) is 7.76. The average Bonchev–Trinajstić information content (AvgIpc) is 2.71. The van der Waals surface area contributed by atoms with Crippen LogP contribution in [0.15, 0.2) is 18.2 Å². The zero-order chi connectivity index (χ0) is 11.5. The van der Waals surface area contributed by atoms with E-state index >= 15 is 0 Å². The predicted octanol–water partition coefficient (Wildman–Crippen LogP) is 3.79. The quantitative estimate of drug-likeness (QED) is 0.902. The number of thiazole rings is 1. The van der Waals surface area contributed by atoms with E-state index in [4.69, 9.17) is 17.3 Å². The van der Waals surface area contributed by atoms with Crippen molar-refractivity contribution < 1.29 is 0 Å². The van der Waals surface area contributed by atoms with E-state index in [2.05, 4.69) is 11.9 Å². The minimum atomic E-state index is 0.374. The minimum absolute atomic E-state index is 0.374. The smallest absolute Gasteiger partial charge is 0.0982 e. The average molecular weight is 255 g/mol. The first kappa shape index (κ1) is 11.8.